The molecule has 1 aromatic heterocycles. The molecule has 6 heteroatoms. The van der Waals surface area contributed by atoms with Crippen LogP contribution in [-0.4, -0.2) is 17.0 Å². The van der Waals surface area contributed by atoms with Crippen LogP contribution in [0.5, 0.6) is 5.75 Å². The molecule has 0 N–H and O–H groups in total. The summed E-state index contributed by atoms with van der Waals surface area (Å²) in [5.74, 6) is 0.737. The number of benzene rings is 2. The summed E-state index contributed by atoms with van der Waals surface area (Å²) in [6.45, 7) is 0. The Morgan fingerprint density at radius 1 is 1.25 bits per heavy atom. The Labute approximate surface area is 118 Å². The van der Waals surface area contributed by atoms with Gasteiger partial charge in [-0.15, -0.1) is 11.3 Å². The van der Waals surface area contributed by atoms with Crippen molar-refractivity contribution >= 4 is 27.2 Å². The average Bonchev–Trinajstić information content (AvgIpc) is 2.89. The SMILES string of the molecule is COc1ccccc1-c1nc2cc([N+](=O)[O-])ccc2s1. The molecule has 0 aliphatic carbocycles. The summed E-state index contributed by atoms with van der Waals surface area (Å²) in [4.78, 5) is 14.8. The molecule has 0 aliphatic rings. The molecular formula is C14H10N2O3S. The Hall–Kier alpha value is -2.47. The van der Waals surface area contributed by atoms with E-state index in [1.54, 1.807) is 13.2 Å². The minimum atomic E-state index is -0.415. The number of aromatic nitrogens is 1. The van der Waals surface area contributed by atoms with Crippen molar-refractivity contribution in [2.45, 2.75) is 0 Å². The largest absolute Gasteiger partial charge is 0.496 e. The first kappa shape index (κ1) is 12.6. The molecule has 0 unspecified atom stereocenters. The fourth-order valence-electron chi connectivity index (χ4n) is 1.97. The van der Waals surface area contributed by atoms with Crippen LogP contribution in [0.3, 0.4) is 0 Å². The third-order valence-electron chi connectivity index (χ3n) is 2.92. The summed E-state index contributed by atoms with van der Waals surface area (Å²) in [5.41, 5.74) is 1.57. The summed E-state index contributed by atoms with van der Waals surface area (Å²) in [6, 6.07) is 12.3. The Kier molecular flexibility index (Phi) is 3.08. The molecule has 0 aliphatic heterocycles. The van der Waals surface area contributed by atoms with E-state index in [1.807, 2.05) is 24.3 Å². The van der Waals surface area contributed by atoms with Gasteiger partial charge >= 0.3 is 0 Å². The minimum Gasteiger partial charge on any atom is -0.496 e. The van der Waals surface area contributed by atoms with E-state index in [0.29, 0.717) is 5.52 Å². The molecule has 0 radical (unpaired) electrons. The number of nitro benzene ring substituents is 1. The van der Waals surface area contributed by atoms with Crippen molar-refractivity contribution in [3.8, 4) is 16.3 Å². The predicted octanol–water partition coefficient (Wildman–Crippen LogP) is 3.88. The van der Waals surface area contributed by atoms with Crippen molar-refractivity contribution in [3.63, 3.8) is 0 Å². The number of non-ortho nitro benzene ring substituents is 1. The second-order valence-electron chi connectivity index (χ2n) is 4.13. The second kappa shape index (κ2) is 4.90. The molecule has 0 fully saturated rings. The Balaban J connectivity index is 2.15. The number of hydrogen-bond donors (Lipinski definition) is 0. The standard InChI is InChI=1S/C14H10N2O3S/c1-19-12-5-3-2-4-10(12)14-15-11-8-9(16(17)18)6-7-13(11)20-14/h2-8H,1H3. The van der Waals surface area contributed by atoms with Gasteiger partial charge in [-0.25, -0.2) is 4.98 Å². The van der Waals surface area contributed by atoms with E-state index in [-0.39, 0.29) is 5.69 Å². The molecule has 0 saturated heterocycles. The first-order chi connectivity index (χ1) is 9.69. The lowest BCUT2D eigenvalue weighted by Gasteiger charge is -2.04. The van der Waals surface area contributed by atoms with Crippen molar-refractivity contribution in [2.24, 2.45) is 0 Å². The van der Waals surface area contributed by atoms with Crippen molar-refractivity contribution in [2.75, 3.05) is 7.11 Å². The monoisotopic (exact) mass is 286 g/mol. The third-order valence-corrected chi connectivity index (χ3v) is 3.99. The van der Waals surface area contributed by atoms with E-state index in [1.165, 1.54) is 23.5 Å². The molecule has 100 valence electrons. The quantitative estimate of drug-likeness (QED) is 0.541. The van der Waals surface area contributed by atoms with Gasteiger partial charge in [-0.1, -0.05) is 12.1 Å². The molecule has 0 atom stereocenters. The van der Waals surface area contributed by atoms with Crippen molar-refractivity contribution in [1.29, 1.82) is 0 Å². The molecule has 3 rings (SSSR count). The van der Waals surface area contributed by atoms with Gasteiger partial charge in [0.05, 0.1) is 27.8 Å². The Morgan fingerprint density at radius 2 is 2.05 bits per heavy atom. The van der Waals surface area contributed by atoms with Gasteiger partial charge in [-0.3, -0.25) is 10.1 Å². The summed E-state index contributed by atoms with van der Waals surface area (Å²) in [6.07, 6.45) is 0. The molecule has 20 heavy (non-hydrogen) atoms. The van der Waals surface area contributed by atoms with Gasteiger partial charge in [-0.2, -0.15) is 0 Å². The molecule has 0 spiro atoms. The molecular weight excluding hydrogens is 276 g/mol. The maximum absolute atomic E-state index is 10.8. The molecule has 2 aromatic carbocycles. The van der Waals surface area contributed by atoms with Crippen LogP contribution in [0.25, 0.3) is 20.8 Å². The maximum atomic E-state index is 10.8. The van der Waals surface area contributed by atoms with Crippen LogP contribution < -0.4 is 4.74 Å². The number of hydrogen-bond acceptors (Lipinski definition) is 5. The van der Waals surface area contributed by atoms with Crippen LogP contribution in [0.2, 0.25) is 0 Å². The topological polar surface area (TPSA) is 65.3 Å². The smallest absolute Gasteiger partial charge is 0.271 e. The Morgan fingerprint density at radius 3 is 2.80 bits per heavy atom. The first-order valence-electron chi connectivity index (χ1n) is 5.87. The van der Waals surface area contributed by atoms with E-state index in [9.17, 15) is 10.1 Å². The first-order valence-corrected chi connectivity index (χ1v) is 6.69. The minimum absolute atomic E-state index is 0.0503. The van der Waals surface area contributed by atoms with Gasteiger partial charge < -0.3 is 4.74 Å². The van der Waals surface area contributed by atoms with E-state index >= 15 is 0 Å². The highest BCUT2D eigenvalue weighted by atomic mass is 32.1. The third kappa shape index (κ3) is 2.10. The zero-order chi connectivity index (χ0) is 14.1. The number of rotatable bonds is 3. The van der Waals surface area contributed by atoms with Crippen LogP contribution >= 0.6 is 11.3 Å². The summed E-state index contributed by atoms with van der Waals surface area (Å²) < 4.78 is 6.23. The van der Waals surface area contributed by atoms with Gasteiger partial charge in [0, 0.05) is 12.1 Å². The molecule has 0 amide bonds. The zero-order valence-electron chi connectivity index (χ0n) is 10.6. The van der Waals surface area contributed by atoms with Crippen molar-refractivity contribution in [1.82, 2.24) is 4.98 Å². The van der Waals surface area contributed by atoms with E-state index in [4.69, 9.17) is 4.74 Å². The highest BCUT2D eigenvalue weighted by molar-refractivity contribution is 7.21. The van der Waals surface area contributed by atoms with Crippen molar-refractivity contribution < 1.29 is 9.66 Å². The Bertz CT molecular complexity index is 798. The number of methoxy groups -OCH3 is 1. The van der Waals surface area contributed by atoms with Gasteiger partial charge in [0.1, 0.15) is 10.8 Å². The summed E-state index contributed by atoms with van der Waals surface area (Å²) in [5, 5.41) is 11.6. The van der Waals surface area contributed by atoms with Crippen LogP contribution in [-0.2, 0) is 0 Å². The van der Waals surface area contributed by atoms with Gasteiger partial charge in [-0.05, 0) is 18.2 Å². The molecule has 1 heterocycles. The predicted molar refractivity (Wildman–Crippen MR) is 78.3 cm³/mol. The lowest BCUT2D eigenvalue weighted by molar-refractivity contribution is -0.384. The molecule has 0 bridgehead atoms. The van der Waals surface area contributed by atoms with Crippen molar-refractivity contribution in [3.05, 3.63) is 52.6 Å². The molecule has 0 saturated carbocycles. The maximum Gasteiger partial charge on any atom is 0.271 e. The van der Waals surface area contributed by atoms with Gasteiger partial charge in [0.15, 0.2) is 0 Å². The lowest BCUT2D eigenvalue weighted by Crippen LogP contribution is -1.87. The molecule has 3 aromatic rings. The lowest BCUT2D eigenvalue weighted by atomic mass is 10.2. The number of ether oxygens (including phenoxy) is 1. The van der Waals surface area contributed by atoms with Gasteiger partial charge in [0.2, 0.25) is 0 Å². The molecule has 5 nitrogen and oxygen atoms in total. The van der Waals surface area contributed by atoms with E-state index < -0.39 is 4.92 Å². The highest BCUT2D eigenvalue weighted by Crippen LogP contribution is 2.36. The average molecular weight is 286 g/mol. The second-order valence-corrected chi connectivity index (χ2v) is 5.16. The van der Waals surface area contributed by atoms with E-state index in [2.05, 4.69) is 4.98 Å². The number of nitrogens with zero attached hydrogens (tertiary/aromatic N) is 2. The fraction of sp³-hybridized carbons (Fsp3) is 0.0714. The zero-order valence-corrected chi connectivity index (χ0v) is 11.4. The number of para-hydroxylation sites is 1. The van der Waals surface area contributed by atoms with Gasteiger partial charge in [0.25, 0.3) is 5.69 Å². The highest BCUT2D eigenvalue weighted by Gasteiger charge is 2.13. The normalized spacial score (nSPS) is 10.7. The van der Waals surface area contributed by atoms with Crippen LogP contribution in [0.1, 0.15) is 0 Å². The van der Waals surface area contributed by atoms with Crippen LogP contribution in [0, 0.1) is 10.1 Å². The van der Waals surface area contributed by atoms with Crippen LogP contribution in [0.15, 0.2) is 42.5 Å². The number of fused-ring (bicyclic) bond motifs is 1. The summed E-state index contributed by atoms with van der Waals surface area (Å²) in [7, 11) is 1.61. The van der Waals surface area contributed by atoms with Crippen LogP contribution in [0.4, 0.5) is 5.69 Å². The van der Waals surface area contributed by atoms with E-state index in [0.717, 1.165) is 21.0 Å². The number of nitro groups is 1. The fourth-order valence-corrected chi connectivity index (χ4v) is 2.94. The summed E-state index contributed by atoms with van der Waals surface area (Å²) >= 11 is 1.49. The number of thiazole rings is 1.